The molecule has 1 aliphatic rings. The largest absolute Gasteiger partial charge is 0.491 e. The molecule has 3 nitrogen and oxygen atoms in total. The van der Waals surface area contributed by atoms with Gasteiger partial charge in [0, 0.05) is 4.47 Å². The summed E-state index contributed by atoms with van der Waals surface area (Å²) in [5, 5.41) is 0. The minimum absolute atomic E-state index is 0.334. The maximum Gasteiger partial charge on any atom is 0.120 e. The third-order valence-electron chi connectivity index (χ3n) is 3.37. The molecule has 18 heavy (non-hydrogen) atoms. The Morgan fingerprint density at radius 2 is 2.17 bits per heavy atom. The first-order valence-electron chi connectivity index (χ1n) is 6.49. The number of halogens is 1. The summed E-state index contributed by atoms with van der Waals surface area (Å²) in [6, 6.07) is 7.84. The van der Waals surface area contributed by atoms with Crippen LogP contribution in [0.5, 0.6) is 5.75 Å². The van der Waals surface area contributed by atoms with E-state index in [9.17, 15) is 0 Å². The fraction of sp³-hybridized carbons (Fsp3) is 0.571. The summed E-state index contributed by atoms with van der Waals surface area (Å²) in [6.07, 6.45) is 3.91. The highest BCUT2D eigenvalue weighted by Crippen LogP contribution is 2.27. The van der Waals surface area contributed by atoms with Crippen LogP contribution in [0.3, 0.4) is 0 Å². The van der Waals surface area contributed by atoms with Gasteiger partial charge in [0.25, 0.3) is 0 Å². The van der Waals surface area contributed by atoms with Crippen LogP contribution in [0.2, 0.25) is 0 Å². The molecule has 0 saturated heterocycles. The molecule has 2 N–H and O–H groups in total. The molecule has 1 fully saturated rings. The van der Waals surface area contributed by atoms with E-state index in [1.165, 1.54) is 12.8 Å². The van der Waals surface area contributed by atoms with Crippen LogP contribution in [0.1, 0.15) is 19.3 Å². The molecule has 0 heterocycles. The summed E-state index contributed by atoms with van der Waals surface area (Å²) in [5.41, 5.74) is 5.72. The van der Waals surface area contributed by atoms with Crippen LogP contribution in [0.4, 0.5) is 0 Å². The maximum absolute atomic E-state index is 5.84. The molecule has 2 rings (SSSR count). The maximum atomic E-state index is 5.84. The van der Waals surface area contributed by atoms with Crippen molar-refractivity contribution in [3.63, 3.8) is 0 Å². The van der Waals surface area contributed by atoms with Gasteiger partial charge in [0.1, 0.15) is 12.4 Å². The molecule has 0 amide bonds. The molecule has 4 heteroatoms. The van der Waals surface area contributed by atoms with Crippen molar-refractivity contribution in [3.05, 3.63) is 28.7 Å². The van der Waals surface area contributed by atoms with E-state index in [-0.39, 0.29) is 0 Å². The first-order chi connectivity index (χ1) is 8.79. The van der Waals surface area contributed by atoms with E-state index in [0.717, 1.165) is 23.2 Å². The molecule has 0 aromatic heterocycles. The average Bonchev–Trinajstić information content (AvgIpc) is 2.82. The van der Waals surface area contributed by atoms with Crippen molar-refractivity contribution in [1.82, 2.24) is 0 Å². The quantitative estimate of drug-likeness (QED) is 0.821. The summed E-state index contributed by atoms with van der Waals surface area (Å²) in [5.74, 6) is 1.41. The lowest BCUT2D eigenvalue weighted by Crippen LogP contribution is -2.26. The lowest BCUT2D eigenvalue weighted by molar-refractivity contribution is 0.0141. The highest BCUT2D eigenvalue weighted by atomic mass is 79.9. The smallest absolute Gasteiger partial charge is 0.120 e. The van der Waals surface area contributed by atoms with Gasteiger partial charge in [0.15, 0.2) is 0 Å². The van der Waals surface area contributed by atoms with Crippen molar-refractivity contribution in [1.29, 1.82) is 0 Å². The highest BCUT2D eigenvalue weighted by molar-refractivity contribution is 9.10. The summed E-state index contributed by atoms with van der Waals surface area (Å²) >= 11 is 3.42. The van der Waals surface area contributed by atoms with Crippen LogP contribution in [-0.4, -0.2) is 25.9 Å². The predicted octanol–water partition coefficient (Wildman–Crippen LogP) is 2.97. The van der Waals surface area contributed by atoms with E-state index in [0.29, 0.717) is 25.2 Å². The molecule has 2 unspecified atom stereocenters. The lowest BCUT2D eigenvalue weighted by atomic mass is 10.1. The topological polar surface area (TPSA) is 44.5 Å². The molecule has 1 aromatic carbocycles. The van der Waals surface area contributed by atoms with Gasteiger partial charge in [-0.25, -0.2) is 0 Å². The second kappa shape index (κ2) is 7.12. The van der Waals surface area contributed by atoms with Gasteiger partial charge in [-0.1, -0.05) is 28.4 Å². The Morgan fingerprint density at radius 1 is 1.28 bits per heavy atom. The zero-order chi connectivity index (χ0) is 12.8. The molecule has 1 aromatic rings. The SMILES string of the molecule is NCC1CCCC1OCCOc1cccc(Br)c1. The Balaban J connectivity index is 1.67. The fourth-order valence-corrected chi connectivity index (χ4v) is 2.79. The van der Waals surface area contributed by atoms with E-state index in [2.05, 4.69) is 15.9 Å². The molecule has 0 radical (unpaired) electrons. The molecule has 1 saturated carbocycles. The number of nitrogens with two attached hydrogens (primary N) is 1. The van der Waals surface area contributed by atoms with Crippen molar-refractivity contribution in [2.24, 2.45) is 11.7 Å². The Bertz CT molecular complexity index is 373. The molecule has 0 bridgehead atoms. The molecule has 0 spiro atoms. The van der Waals surface area contributed by atoms with Crippen molar-refractivity contribution < 1.29 is 9.47 Å². The monoisotopic (exact) mass is 313 g/mol. The van der Waals surface area contributed by atoms with Gasteiger partial charge < -0.3 is 15.2 Å². The van der Waals surface area contributed by atoms with Crippen LogP contribution in [-0.2, 0) is 4.74 Å². The zero-order valence-electron chi connectivity index (χ0n) is 10.5. The summed E-state index contributed by atoms with van der Waals surface area (Å²) in [4.78, 5) is 0. The Labute approximate surface area is 117 Å². The van der Waals surface area contributed by atoms with Gasteiger partial charge in [0.2, 0.25) is 0 Å². The fourth-order valence-electron chi connectivity index (χ4n) is 2.41. The van der Waals surface area contributed by atoms with Gasteiger partial charge in [0.05, 0.1) is 12.7 Å². The van der Waals surface area contributed by atoms with Crippen LogP contribution >= 0.6 is 15.9 Å². The molecular formula is C14H20BrNO2. The van der Waals surface area contributed by atoms with E-state index in [1.807, 2.05) is 24.3 Å². The molecule has 2 atom stereocenters. The highest BCUT2D eigenvalue weighted by Gasteiger charge is 2.26. The molecule has 100 valence electrons. The lowest BCUT2D eigenvalue weighted by Gasteiger charge is -2.18. The van der Waals surface area contributed by atoms with E-state index in [1.54, 1.807) is 0 Å². The third-order valence-corrected chi connectivity index (χ3v) is 3.87. The van der Waals surface area contributed by atoms with Crippen molar-refractivity contribution in [3.8, 4) is 5.75 Å². The van der Waals surface area contributed by atoms with Crippen LogP contribution < -0.4 is 10.5 Å². The number of ether oxygens (including phenoxy) is 2. The van der Waals surface area contributed by atoms with Gasteiger partial charge in [-0.2, -0.15) is 0 Å². The van der Waals surface area contributed by atoms with Crippen LogP contribution in [0.15, 0.2) is 28.7 Å². The summed E-state index contributed by atoms with van der Waals surface area (Å²) in [6.45, 7) is 1.95. The molecular weight excluding hydrogens is 294 g/mol. The van der Waals surface area contributed by atoms with Crippen molar-refractivity contribution >= 4 is 15.9 Å². The standard InChI is InChI=1S/C14H20BrNO2/c15-12-4-2-5-13(9-12)17-7-8-18-14-6-1-3-11(14)10-16/h2,4-5,9,11,14H,1,3,6-8,10,16H2. The Hall–Kier alpha value is -0.580. The van der Waals surface area contributed by atoms with Gasteiger partial charge in [-0.15, -0.1) is 0 Å². The number of rotatable bonds is 6. The van der Waals surface area contributed by atoms with Crippen molar-refractivity contribution in [2.45, 2.75) is 25.4 Å². The minimum Gasteiger partial charge on any atom is -0.491 e. The van der Waals surface area contributed by atoms with E-state index >= 15 is 0 Å². The van der Waals surface area contributed by atoms with Gasteiger partial charge in [-0.05, 0) is 43.5 Å². The van der Waals surface area contributed by atoms with E-state index in [4.69, 9.17) is 15.2 Å². The van der Waals surface area contributed by atoms with Gasteiger partial charge >= 0.3 is 0 Å². The van der Waals surface area contributed by atoms with Crippen LogP contribution in [0, 0.1) is 5.92 Å². The van der Waals surface area contributed by atoms with E-state index < -0.39 is 0 Å². The third kappa shape index (κ3) is 3.97. The summed E-state index contributed by atoms with van der Waals surface area (Å²) < 4.78 is 12.5. The first-order valence-corrected chi connectivity index (χ1v) is 7.29. The zero-order valence-corrected chi connectivity index (χ0v) is 12.1. The average molecular weight is 314 g/mol. The number of benzene rings is 1. The van der Waals surface area contributed by atoms with Crippen molar-refractivity contribution in [2.75, 3.05) is 19.8 Å². The number of hydrogen-bond acceptors (Lipinski definition) is 3. The first kappa shape index (κ1) is 13.8. The van der Waals surface area contributed by atoms with Gasteiger partial charge in [-0.3, -0.25) is 0 Å². The summed E-state index contributed by atoms with van der Waals surface area (Å²) in [7, 11) is 0. The normalized spacial score (nSPS) is 23.2. The Morgan fingerprint density at radius 3 is 2.94 bits per heavy atom. The predicted molar refractivity (Wildman–Crippen MR) is 75.8 cm³/mol. The molecule has 0 aliphatic heterocycles. The second-order valence-electron chi connectivity index (χ2n) is 4.64. The Kier molecular flexibility index (Phi) is 5.47. The second-order valence-corrected chi connectivity index (χ2v) is 5.56. The van der Waals surface area contributed by atoms with Crippen LogP contribution in [0.25, 0.3) is 0 Å². The minimum atomic E-state index is 0.334. The number of hydrogen-bond donors (Lipinski definition) is 1. The molecule has 1 aliphatic carbocycles.